The Morgan fingerprint density at radius 1 is 1.23 bits per heavy atom. The minimum Gasteiger partial charge on any atom is -0.495 e. The Morgan fingerprint density at radius 3 is 2.73 bits per heavy atom. The summed E-state index contributed by atoms with van der Waals surface area (Å²) in [6.07, 6.45) is 0.618. The summed E-state index contributed by atoms with van der Waals surface area (Å²) >= 11 is 0. The van der Waals surface area contributed by atoms with Crippen LogP contribution in [-0.4, -0.2) is 31.2 Å². The van der Waals surface area contributed by atoms with E-state index in [1.54, 1.807) is 0 Å². The molecule has 0 aromatic heterocycles. The van der Waals surface area contributed by atoms with Gasteiger partial charge in [-0.25, -0.2) is 4.79 Å². The summed E-state index contributed by atoms with van der Waals surface area (Å²) in [5, 5.41) is 16.1. The quantitative estimate of drug-likeness (QED) is 0.426. The molecule has 0 aliphatic heterocycles. The van der Waals surface area contributed by atoms with E-state index in [-0.39, 0.29) is 11.4 Å². The third kappa shape index (κ3) is 5.66. The van der Waals surface area contributed by atoms with Gasteiger partial charge < -0.3 is 20.1 Å². The van der Waals surface area contributed by atoms with Crippen LogP contribution in [0, 0.1) is 17.0 Å². The molecule has 0 aliphatic rings. The Labute approximate surface area is 151 Å². The molecule has 2 aromatic rings. The number of carbonyl (C=O) groups excluding carboxylic acids is 1. The molecular weight excluding hydrogens is 338 g/mol. The number of ether oxygens (including phenoxy) is 2. The molecule has 138 valence electrons. The van der Waals surface area contributed by atoms with E-state index in [9.17, 15) is 14.9 Å². The van der Waals surface area contributed by atoms with Crippen molar-refractivity contribution >= 4 is 17.4 Å². The van der Waals surface area contributed by atoms with Crippen LogP contribution in [0.4, 0.5) is 16.2 Å². The zero-order valence-corrected chi connectivity index (χ0v) is 14.7. The van der Waals surface area contributed by atoms with E-state index < -0.39 is 11.0 Å². The normalized spacial score (nSPS) is 10.1. The van der Waals surface area contributed by atoms with Gasteiger partial charge in [0.05, 0.1) is 24.3 Å². The molecular formula is C18H21N3O5. The molecule has 0 saturated heterocycles. The number of nitro groups is 1. The van der Waals surface area contributed by atoms with Crippen molar-refractivity contribution in [3.63, 3.8) is 0 Å². The van der Waals surface area contributed by atoms with Gasteiger partial charge in [0.25, 0.3) is 5.69 Å². The van der Waals surface area contributed by atoms with Crippen molar-refractivity contribution in [3.05, 3.63) is 58.1 Å². The Bertz CT molecular complexity index is 779. The Kier molecular flexibility index (Phi) is 6.78. The molecule has 8 heteroatoms. The van der Waals surface area contributed by atoms with Crippen LogP contribution in [0.5, 0.6) is 11.5 Å². The lowest BCUT2D eigenvalue weighted by Crippen LogP contribution is -2.30. The standard InChI is InChI=1S/C18H21N3O5/c1-13-5-3-6-15(11-13)26-10-4-9-19-18(22)20-16-12-14(21(23)24)7-8-17(16)25-2/h3,5-8,11-12H,4,9-10H2,1-2H3,(H2,19,20,22). The predicted molar refractivity (Wildman–Crippen MR) is 98.0 cm³/mol. The molecule has 0 atom stereocenters. The summed E-state index contributed by atoms with van der Waals surface area (Å²) < 4.78 is 10.7. The third-order valence-electron chi connectivity index (χ3n) is 3.51. The predicted octanol–water partition coefficient (Wildman–Crippen LogP) is 3.50. The van der Waals surface area contributed by atoms with Crippen LogP contribution in [-0.2, 0) is 0 Å². The Balaban J connectivity index is 1.78. The van der Waals surface area contributed by atoms with Crippen molar-refractivity contribution in [2.75, 3.05) is 25.6 Å². The van der Waals surface area contributed by atoms with Gasteiger partial charge in [-0.1, -0.05) is 12.1 Å². The maximum Gasteiger partial charge on any atom is 0.319 e. The number of amides is 2. The first-order chi connectivity index (χ1) is 12.5. The molecule has 0 unspecified atom stereocenters. The summed E-state index contributed by atoms with van der Waals surface area (Å²) in [6, 6.07) is 11.2. The summed E-state index contributed by atoms with van der Waals surface area (Å²) in [6.45, 7) is 2.85. The number of non-ortho nitro benzene ring substituents is 1. The number of aryl methyl sites for hydroxylation is 1. The van der Waals surface area contributed by atoms with Crippen molar-refractivity contribution in [3.8, 4) is 11.5 Å². The second-order valence-corrected chi connectivity index (χ2v) is 5.54. The van der Waals surface area contributed by atoms with Crippen LogP contribution in [0.3, 0.4) is 0 Å². The number of hydrogen-bond acceptors (Lipinski definition) is 5. The van der Waals surface area contributed by atoms with Gasteiger partial charge in [-0.2, -0.15) is 0 Å². The average molecular weight is 359 g/mol. The van der Waals surface area contributed by atoms with Crippen LogP contribution in [0.25, 0.3) is 0 Å². The number of benzene rings is 2. The highest BCUT2D eigenvalue weighted by Gasteiger charge is 2.13. The third-order valence-corrected chi connectivity index (χ3v) is 3.51. The van der Waals surface area contributed by atoms with E-state index in [1.165, 1.54) is 25.3 Å². The number of nitrogens with zero attached hydrogens (tertiary/aromatic N) is 1. The van der Waals surface area contributed by atoms with Gasteiger partial charge >= 0.3 is 6.03 Å². The van der Waals surface area contributed by atoms with E-state index >= 15 is 0 Å². The molecule has 2 N–H and O–H groups in total. The minimum absolute atomic E-state index is 0.132. The number of urea groups is 1. The van der Waals surface area contributed by atoms with Crippen LogP contribution in [0.2, 0.25) is 0 Å². The van der Waals surface area contributed by atoms with Crippen LogP contribution in [0.1, 0.15) is 12.0 Å². The Hall–Kier alpha value is -3.29. The van der Waals surface area contributed by atoms with E-state index in [2.05, 4.69) is 10.6 Å². The smallest absolute Gasteiger partial charge is 0.319 e. The van der Waals surface area contributed by atoms with Crippen LogP contribution >= 0.6 is 0 Å². The van der Waals surface area contributed by atoms with Gasteiger partial charge in [0.2, 0.25) is 0 Å². The summed E-state index contributed by atoms with van der Waals surface area (Å²) in [5.41, 5.74) is 1.22. The fraction of sp³-hybridized carbons (Fsp3) is 0.278. The number of carbonyl (C=O) groups is 1. The first kappa shape index (κ1) is 19.0. The highest BCUT2D eigenvalue weighted by atomic mass is 16.6. The average Bonchev–Trinajstić information content (AvgIpc) is 2.61. The molecule has 0 heterocycles. The fourth-order valence-electron chi connectivity index (χ4n) is 2.24. The summed E-state index contributed by atoms with van der Waals surface area (Å²) in [7, 11) is 1.42. The van der Waals surface area contributed by atoms with Gasteiger partial charge in [0.15, 0.2) is 0 Å². The largest absolute Gasteiger partial charge is 0.495 e. The zero-order valence-electron chi connectivity index (χ0n) is 14.7. The molecule has 2 amide bonds. The summed E-state index contributed by atoms with van der Waals surface area (Å²) in [4.78, 5) is 22.3. The molecule has 0 radical (unpaired) electrons. The van der Waals surface area contributed by atoms with Crippen molar-refractivity contribution in [2.24, 2.45) is 0 Å². The summed E-state index contributed by atoms with van der Waals surface area (Å²) in [5.74, 6) is 1.13. The van der Waals surface area contributed by atoms with E-state index in [0.29, 0.717) is 25.3 Å². The molecule has 0 saturated carbocycles. The van der Waals surface area contributed by atoms with E-state index in [1.807, 2.05) is 31.2 Å². The number of hydrogen-bond donors (Lipinski definition) is 2. The second-order valence-electron chi connectivity index (χ2n) is 5.54. The van der Waals surface area contributed by atoms with Crippen molar-refractivity contribution in [1.82, 2.24) is 5.32 Å². The van der Waals surface area contributed by atoms with Gasteiger partial charge in [-0.05, 0) is 37.1 Å². The highest BCUT2D eigenvalue weighted by molar-refractivity contribution is 5.91. The second kappa shape index (κ2) is 9.26. The molecule has 0 spiro atoms. The lowest BCUT2D eigenvalue weighted by molar-refractivity contribution is -0.384. The van der Waals surface area contributed by atoms with Crippen LogP contribution in [0.15, 0.2) is 42.5 Å². The zero-order chi connectivity index (χ0) is 18.9. The fourth-order valence-corrected chi connectivity index (χ4v) is 2.24. The lowest BCUT2D eigenvalue weighted by atomic mass is 10.2. The van der Waals surface area contributed by atoms with Crippen LogP contribution < -0.4 is 20.1 Å². The number of nitro benzene ring substituents is 1. The first-order valence-electron chi connectivity index (χ1n) is 8.06. The van der Waals surface area contributed by atoms with Crippen molar-refractivity contribution in [2.45, 2.75) is 13.3 Å². The van der Waals surface area contributed by atoms with Gasteiger partial charge in [0.1, 0.15) is 11.5 Å². The van der Waals surface area contributed by atoms with Gasteiger partial charge in [-0.15, -0.1) is 0 Å². The lowest BCUT2D eigenvalue weighted by Gasteiger charge is -2.11. The first-order valence-corrected chi connectivity index (χ1v) is 8.06. The molecule has 26 heavy (non-hydrogen) atoms. The van der Waals surface area contributed by atoms with E-state index in [0.717, 1.165) is 11.3 Å². The number of nitrogens with one attached hydrogen (secondary N) is 2. The monoisotopic (exact) mass is 359 g/mol. The number of methoxy groups -OCH3 is 1. The SMILES string of the molecule is COc1ccc([N+](=O)[O-])cc1NC(=O)NCCCOc1cccc(C)c1. The van der Waals surface area contributed by atoms with Gasteiger partial charge in [0, 0.05) is 18.7 Å². The topological polar surface area (TPSA) is 103 Å². The molecule has 8 nitrogen and oxygen atoms in total. The molecule has 0 bridgehead atoms. The maximum atomic E-state index is 12.0. The Morgan fingerprint density at radius 2 is 2.04 bits per heavy atom. The van der Waals surface area contributed by atoms with Crippen molar-refractivity contribution in [1.29, 1.82) is 0 Å². The van der Waals surface area contributed by atoms with Gasteiger partial charge in [-0.3, -0.25) is 10.1 Å². The highest BCUT2D eigenvalue weighted by Crippen LogP contribution is 2.28. The maximum absolute atomic E-state index is 12.0. The molecule has 2 aromatic carbocycles. The molecule has 0 aliphatic carbocycles. The minimum atomic E-state index is -0.537. The molecule has 2 rings (SSSR count). The van der Waals surface area contributed by atoms with E-state index in [4.69, 9.17) is 9.47 Å². The number of rotatable bonds is 8. The molecule has 0 fully saturated rings. The van der Waals surface area contributed by atoms with Crippen molar-refractivity contribution < 1.29 is 19.2 Å². The number of anilines is 1.